The van der Waals surface area contributed by atoms with E-state index in [4.69, 9.17) is 0 Å². The smallest absolute Gasteiger partial charge is 0.0260 e. The van der Waals surface area contributed by atoms with Crippen LogP contribution >= 0.6 is 0 Å². The van der Waals surface area contributed by atoms with Gasteiger partial charge < -0.3 is 4.57 Å². The molecular weight excluding hydrogens is 924 g/mol. The van der Waals surface area contributed by atoms with Crippen LogP contribution in [0.5, 0.6) is 0 Å². The Hall–Kier alpha value is -8.51. The van der Waals surface area contributed by atoms with E-state index >= 15 is 0 Å². The molecule has 0 radical (unpaired) electrons. The molecule has 0 aliphatic heterocycles. The summed E-state index contributed by atoms with van der Waals surface area (Å²) in [6.45, 7) is 0. The summed E-state index contributed by atoms with van der Waals surface area (Å²) in [4.78, 5) is 0. The molecule has 11 aromatic carbocycles. The van der Waals surface area contributed by atoms with Crippen molar-refractivity contribution in [2.75, 3.05) is 0 Å². The molecule has 2 aromatic heterocycles. The van der Waals surface area contributed by atoms with Gasteiger partial charge in [0, 0.05) is 16.5 Å². The van der Waals surface area contributed by atoms with Crippen LogP contribution in [-0.4, -0.2) is 22.4 Å². The molecule has 0 fully saturated rings. The second-order valence-corrected chi connectivity index (χ2v) is 26.5. The van der Waals surface area contributed by atoms with Gasteiger partial charge in [-0.3, -0.25) is 0 Å². The van der Waals surface area contributed by atoms with Gasteiger partial charge in [-0.25, -0.2) is 4.39 Å². The maximum atomic E-state index is 14.7. The molecule has 4 heteroatoms. The van der Waals surface area contributed by atoms with Gasteiger partial charge in [0.15, 0.2) is 0 Å². The number of halogens is 1. The van der Waals surface area contributed by atoms with Crippen LogP contribution in [0.2, 0.25) is 0 Å². The minimum absolute atomic E-state index is 0.168. The van der Waals surface area contributed by atoms with Crippen molar-refractivity contribution in [3.63, 3.8) is 0 Å². The molecule has 71 heavy (non-hydrogen) atoms. The number of nitrogens with zero attached hydrogens (tertiary/aromatic N) is 2. The topological polar surface area (TPSA) is 9.86 Å². The van der Waals surface area contributed by atoms with Crippen LogP contribution in [0.25, 0.3) is 66.1 Å². The Balaban J connectivity index is 0.985. The fourth-order valence-electron chi connectivity index (χ4n) is 11.5. The van der Waals surface area contributed by atoms with E-state index in [1.807, 2.05) is 12.1 Å². The fraction of sp³-hybridized carbons (Fsp3) is 0.0149. The molecule has 336 valence electrons. The van der Waals surface area contributed by atoms with E-state index in [9.17, 15) is 4.39 Å². The Morgan fingerprint density at radius 2 is 0.648 bits per heavy atom. The molecule has 1 atom stereocenters. The normalized spacial score (nSPS) is 12.2. The van der Waals surface area contributed by atoms with E-state index in [0.29, 0.717) is 0 Å². The third-order valence-corrected chi connectivity index (χ3v) is 24.7. The molecule has 13 rings (SSSR count). The molecule has 0 saturated heterocycles. The summed E-state index contributed by atoms with van der Waals surface area (Å²) in [6.07, 6.45) is 0. The zero-order chi connectivity index (χ0) is 47.3. The maximum Gasteiger partial charge on any atom is -0.0260 e. The number of fused-ring (bicyclic) bond motifs is 6. The standard InChI is InChI=1S/C67H47FGeN2/c68-52-37-30-48(31-38-52)67(50-35-42-64-60(45-50)59-28-16-17-29-63(59)70(64)57-24-12-4-13-25-57)51-36-43-66-62(46-51)61-44-49(34-41-65(61)71(66)58-26-14-5-15-27-58)47-32-39-56(40-33-47)69(53-18-6-1-7-19-53,54-20-8-2-9-21-54)55-22-10-3-11-23-55/h1-46,67H. The van der Waals surface area contributed by atoms with Crippen molar-refractivity contribution >= 4 is 74.5 Å². The zero-order valence-electron chi connectivity index (χ0n) is 38.9. The van der Waals surface area contributed by atoms with E-state index in [1.165, 1.54) is 44.7 Å². The number of rotatable bonds is 10. The van der Waals surface area contributed by atoms with Gasteiger partial charge in [-0.1, -0.05) is 60.7 Å². The van der Waals surface area contributed by atoms with Gasteiger partial charge in [-0.05, 0) is 42.5 Å². The van der Waals surface area contributed by atoms with E-state index in [0.717, 1.165) is 55.7 Å². The van der Waals surface area contributed by atoms with Gasteiger partial charge in [-0.15, -0.1) is 0 Å². The van der Waals surface area contributed by atoms with Crippen molar-refractivity contribution in [1.82, 2.24) is 9.13 Å². The van der Waals surface area contributed by atoms with Crippen LogP contribution in [0.4, 0.5) is 4.39 Å². The van der Waals surface area contributed by atoms with Crippen LogP contribution < -0.4 is 17.6 Å². The van der Waals surface area contributed by atoms with Crippen molar-refractivity contribution < 1.29 is 4.39 Å². The third kappa shape index (κ3) is 7.23. The molecule has 2 nitrogen and oxygen atoms in total. The van der Waals surface area contributed by atoms with Gasteiger partial charge in [0.1, 0.15) is 5.82 Å². The van der Waals surface area contributed by atoms with Crippen LogP contribution in [0.15, 0.2) is 279 Å². The Labute approximate surface area is 415 Å². The third-order valence-electron chi connectivity index (χ3n) is 14.7. The number of hydrogen-bond acceptors (Lipinski definition) is 0. The predicted octanol–water partition coefficient (Wildman–Crippen LogP) is 14.2. The summed E-state index contributed by atoms with van der Waals surface area (Å²) in [5.74, 6) is -0.413. The van der Waals surface area contributed by atoms with Gasteiger partial charge in [-0.2, -0.15) is 0 Å². The van der Waals surface area contributed by atoms with Crippen LogP contribution in [0.1, 0.15) is 22.6 Å². The second kappa shape index (κ2) is 17.8. The van der Waals surface area contributed by atoms with Crippen LogP contribution in [0.3, 0.4) is 0 Å². The largest absolute Gasteiger partial charge is 0.0552 e. The van der Waals surface area contributed by atoms with E-state index in [2.05, 4.69) is 264 Å². The zero-order valence-corrected chi connectivity index (χ0v) is 41.0. The molecule has 1 unspecified atom stereocenters. The molecule has 0 aliphatic carbocycles. The summed E-state index contributed by atoms with van der Waals surface area (Å²) < 4.78 is 25.1. The second-order valence-electron chi connectivity index (χ2n) is 18.6. The number of aromatic nitrogens is 2. The van der Waals surface area contributed by atoms with Gasteiger partial charge in [0.25, 0.3) is 0 Å². The van der Waals surface area contributed by atoms with Crippen LogP contribution in [0, 0.1) is 5.82 Å². The monoisotopic (exact) mass is 972 g/mol. The Kier molecular flexibility index (Phi) is 10.7. The molecule has 0 bridgehead atoms. The van der Waals surface area contributed by atoms with Crippen molar-refractivity contribution in [2.24, 2.45) is 0 Å². The average Bonchev–Trinajstić information content (AvgIpc) is 3.95. The first kappa shape index (κ1) is 42.6. The van der Waals surface area contributed by atoms with Crippen LogP contribution in [-0.2, 0) is 0 Å². The molecule has 0 spiro atoms. The first-order valence-corrected chi connectivity index (χ1v) is 28.6. The minimum Gasteiger partial charge on any atom is -0.0552 e. The van der Waals surface area contributed by atoms with Crippen molar-refractivity contribution in [1.29, 1.82) is 0 Å². The predicted molar refractivity (Wildman–Crippen MR) is 298 cm³/mol. The molecule has 0 N–H and O–H groups in total. The number of benzene rings is 11. The van der Waals surface area contributed by atoms with Gasteiger partial charge in [0.05, 0.1) is 11.0 Å². The summed E-state index contributed by atoms with van der Waals surface area (Å²) in [6, 6.07) is 101. The minimum atomic E-state index is -3.44. The van der Waals surface area contributed by atoms with Gasteiger partial charge >= 0.3 is 273 Å². The first-order chi connectivity index (χ1) is 35.1. The number of para-hydroxylation sites is 3. The molecular formula is C67H47FGeN2. The molecule has 0 saturated carbocycles. The Bertz CT molecular complexity index is 3920. The fourth-order valence-corrected chi connectivity index (χ4v) is 21.4. The quantitative estimate of drug-likeness (QED) is 0.0955. The van der Waals surface area contributed by atoms with E-state index < -0.39 is 13.3 Å². The molecule has 13 aromatic rings. The molecule has 0 amide bonds. The summed E-state index contributed by atoms with van der Waals surface area (Å²) in [7, 11) is 0. The number of hydrogen-bond donors (Lipinski definition) is 0. The van der Waals surface area contributed by atoms with E-state index in [1.54, 1.807) is 12.1 Å². The maximum absolute atomic E-state index is 14.7. The Morgan fingerprint density at radius 1 is 0.282 bits per heavy atom. The summed E-state index contributed by atoms with van der Waals surface area (Å²) >= 11 is -3.44. The Morgan fingerprint density at radius 3 is 1.15 bits per heavy atom. The average molecular weight is 972 g/mol. The molecule has 2 heterocycles. The van der Waals surface area contributed by atoms with Crippen molar-refractivity contribution in [3.05, 3.63) is 302 Å². The summed E-state index contributed by atoms with van der Waals surface area (Å²) in [5, 5.41) is 4.72. The SMILES string of the molecule is Fc1ccc(C(c2ccc3c(c2)c2ccccc2n3-c2ccccc2)c2ccc3c(c2)c2cc(-c4cc[c]([Ge]([c]5ccccc5)([c]5ccccc5)[c]5ccccc5)cc4)ccc2n3-c2ccccc2)cc1. The van der Waals surface area contributed by atoms with Gasteiger partial charge in [0.2, 0.25) is 0 Å². The summed E-state index contributed by atoms with van der Waals surface area (Å²) in [5.41, 5.74) is 12.5. The van der Waals surface area contributed by atoms with Crippen molar-refractivity contribution in [2.45, 2.75) is 5.92 Å². The van der Waals surface area contributed by atoms with E-state index in [-0.39, 0.29) is 11.7 Å². The first-order valence-electron chi connectivity index (χ1n) is 24.4. The molecule has 0 aliphatic rings. The van der Waals surface area contributed by atoms with Crippen molar-refractivity contribution in [3.8, 4) is 22.5 Å².